The minimum absolute atomic E-state index is 0.0112. The predicted molar refractivity (Wildman–Crippen MR) is 196 cm³/mol. The average molecular weight is 735 g/mol. The number of carbonyl (C=O) groups is 1. The van der Waals surface area contributed by atoms with Crippen molar-refractivity contribution in [1.29, 1.82) is 0 Å². The Balaban J connectivity index is 1.04. The van der Waals surface area contributed by atoms with E-state index in [1.165, 1.54) is 32.4 Å². The van der Waals surface area contributed by atoms with Crippen molar-refractivity contribution in [3.05, 3.63) is 133 Å². The van der Waals surface area contributed by atoms with Crippen molar-refractivity contribution in [2.75, 3.05) is 31.1 Å². The van der Waals surface area contributed by atoms with Gasteiger partial charge in [-0.3, -0.25) is 9.69 Å². The number of pyridine rings is 1. The molecule has 2 fully saturated rings. The molecular formula is C37H35FN10O6. The van der Waals surface area contributed by atoms with E-state index >= 15 is 4.39 Å². The molecule has 8 rings (SSSR count). The third-order valence-electron chi connectivity index (χ3n) is 9.75. The van der Waals surface area contributed by atoms with Gasteiger partial charge >= 0.3 is 17.3 Å². The summed E-state index contributed by atoms with van der Waals surface area (Å²) in [7, 11) is 0. The summed E-state index contributed by atoms with van der Waals surface area (Å²) in [6.45, 7) is 3.37. The molecule has 4 heterocycles. The van der Waals surface area contributed by atoms with Gasteiger partial charge in [0, 0.05) is 49.4 Å². The fourth-order valence-corrected chi connectivity index (χ4v) is 6.81. The molecule has 0 atom stereocenters. The van der Waals surface area contributed by atoms with Gasteiger partial charge in [0.1, 0.15) is 23.7 Å². The first kappa shape index (κ1) is 34.5. The van der Waals surface area contributed by atoms with Crippen LogP contribution in [0.5, 0.6) is 5.75 Å². The number of carboxylic acids is 1. The summed E-state index contributed by atoms with van der Waals surface area (Å²) in [5.41, 5.74) is -0.274. The topological polar surface area (TPSA) is 178 Å². The molecule has 0 bridgehead atoms. The quantitative estimate of drug-likeness (QED) is 0.199. The summed E-state index contributed by atoms with van der Waals surface area (Å²) < 4.78 is 22.4. The third kappa shape index (κ3) is 6.38. The van der Waals surface area contributed by atoms with E-state index in [9.17, 15) is 29.4 Å². The summed E-state index contributed by atoms with van der Waals surface area (Å²) in [6, 6.07) is 18.4. The van der Waals surface area contributed by atoms with Crippen molar-refractivity contribution in [1.82, 2.24) is 38.3 Å². The largest absolute Gasteiger partial charge is 0.507 e. The fourth-order valence-electron chi connectivity index (χ4n) is 6.81. The Labute approximate surface area is 305 Å². The Morgan fingerprint density at radius 3 is 2.37 bits per heavy atom. The van der Waals surface area contributed by atoms with Gasteiger partial charge in [-0.15, -0.1) is 0 Å². The number of aromatic carboxylic acids is 1. The predicted octanol–water partition coefficient (Wildman–Crippen LogP) is 2.60. The number of halogens is 1. The second-order valence-corrected chi connectivity index (χ2v) is 13.4. The van der Waals surface area contributed by atoms with Crippen molar-refractivity contribution in [3.63, 3.8) is 0 Å². The second kappa shape index (κ2) is 13.7. The number of piperazine rings is 1. The number of nitrogens with zero attached hydrogens (tertiary/aromatic N) is 10. The van der Waals surface area contributed by atoms with Gasteiger partial charge in [0.2, 0.25) is 5.43 Å². The van der Waals surface area contributed by atoms with Crippen molar-refractivity contribution in [2.45, 2.75) is 39.0 Å². The van der Waals surface area contributed by atoms with Crippen LogP contribution in [0.4, 0.5) is 10.1 Å². The molecule has 1 aliphatic heterocycles. The van der Waals surface area contributed by atoms with Crippen molar-refractivity contribution < 1.29 is 19.4 Å². The van der Waals surface area contributed by atoms with Crippen molar-refractivity contribution >= 4 is 28.8 Å². The highest BCUT2D eigenvalue weighted by Crippen LogP contribution is 2.38. The molecule has 276 valence electrons. The number of carboxylic acid groups (broad SMARTS) is 1. The van der Waals surface area contributed by atoms with Gasteiger partial charge in [0.25, 0.3) is 0 Å². The SMILES string of the molecule is Cc1nn(Cc2nn(CN3CCN(c4cc5c(cc4F)c(=O)c(C(=O)O)cn5C4CC4)CC3)c(=O)n2-c2ccccc2)c(=O)n1/N=C/c1ccccc1O. The molecule has 16 nitrogen and oxygen atoms in total. The van der Waals surface area contributed by atoms with Crippen LogP contribution < -0.4 is 21.7 Å². The summed E-state index contributed by atoms with van der Waals surface area (Å²) in [5, 5.41) is 32.9. The molecular weight excluding hydrogens is 699 g/mol. The van der Waals surface area contributed by atoms with E-state index < -0.39 is 28.6 Å². The van der Waals surface area contributed by atoms with Crippen LogP contribution >= 0.6 is 0 Å². The molecule has 2 aliphatic rings. The highest BCUT2D eigenvalue weighted by Gasteiger charge is 2.29. The second-order valence-electron chi connectivity index (χ2n) is 13.4. The van der Waals surface area contributed by atoms with E-state index in [2.05, 4.69) is 15.3 Å². The summed E-state index contributed by atoms with van der Waals surface area (Å²) in [6.07, 6.45) is 4.42. The maximum Gasteiger partial charge on any atom is 0.367 e. The molecule has 2 N–H and O–H groups in total. The van der Waals surface area contributed by atoms with Gasteiger partial charge in [0.05, 0.1) is 29.8 Å². The molecule has 54 heavy (non-hydrogen) atoms. The lowest BCUT2D eigenvalue weighted by Gasteiger charge is -2.36. The standard InChI is InChI=1S/C37H35FN10O6/c1-23-40-45(37(54)48(23)39-19-24-7-5-6-10-32(24)49)21-33-41-46(36(53)47(33)26-8-3-2-4-9-26)22-42-13-15-43(16-14-42)31-18-30-27(17-29(31)38)34(50)28(35(51)52)20-44(30)25-11-12-25/h2-10,17-20,25,49H,11-16,21-22H2,1H3,(H,51,52)/b39-19+. The van der Waals surface area contributed by atoms with Crippen LogP contribution in [0.15, 0.2) is 92.4 Å². The smallest absolute Gasteiger partial charge is 0.367 e. The Morgan fingerprint density at radius 1 is 0.944 bits per heavy atom. The minimum atomic E-state index is -1.34. The van der Waals surface area contributed by atoms with E-state index in [0.29, 0.717) is 54.5 Å². The Kier molecular flexibility index (Phi) is 8.77. The summed E-state index contributed by atoms with van der Waals surface area (Å²) >= 11 is 0. The highest BCUT2D eigenvalue weighted by atomic mass is 19.1. The number of phenols is 1. The van der Waals surface area contributed by atoms with Crippen LogP contribution in [0.2, 0.25) is 0 Å². The first-order valence-electron chi connectivity index (χ1n) is 17.4. The highest BCUT2D eigenvalue weighted by molar-refractivity contribution is 5.93. The van der Waals surface area contributed by atoms with Gasteiger partial charge in [-0.1, -0.05) is 30.3 Å². The monoisotopic (exact) mass is 734 g/mol. The lowest BCUT2D eigenvalue weighted by molar-refractivity contribution is 0.0694. The number of fused-ring (bicyclic) bond motifs is 1. The first-order chi connectivity index (χ1) is 26.1. The maximum absolute atomic E-state index is 15.6. The number of anilines is 1. The molecule has 0 spiro atoms. The van der Waals surface area contributed by atoms with Crippen LogP contribution in [-0.2, 0) is 13.2 Å². The number of aromatic hydroxyl groups is 1. The Hall–Kier alpha value is -6.62. The minimum Gasteiger partial charge on any atom is -0.507 e. The fraction of sp³-hybridized carbons (Fsp3) is 0.270. The van der Waals surface area contributed by atoms with E-state index in [1.54, 1.807) is 60.0 Å². The van der Waals surface area contributed by atoms with Crippen LogP contribution in [0.25, 0.3) is 16.6 Å². The van der Waals surface area contributed by atoms with E-state index in [-0.39, 0.29) is 41.8 Å². The number of benzene rings is 3. The Bertz CT molecular complexity index is 2630. The molecule has 1 aliphatic carbocycles. The number of aromatic nitrogens is 7. The normalized spacial score (nSPS) is 15.1. The molecule has 17 heteroatoms. The van der Waals surface area contributed by atoms with Gasteiger partial charge in [-0.25, -0.2) is 28.0 Å². The first-order valence-corrected chi connectivity index (χ1v) is 17.4. The number of aryl methyl sites for hydroxylation is 1. The number of phenolic OH excluding ortho intramolecular Hbond substituents is 1. The average Bonchev–Trinajstić information content (AvgIpc) is 3.91. The lowest BCUT2D eigenvalue weighted by atomic mass is 10.1. The van der Waals surface area contributed by atoms with Crippen LogP contribution in [-0.4, -0.2) is 86.8 Å². The molecule has 1 saturated carbocycles. The van der Waals surface area contributed by atoms with Crippen LogP contribution in [0.3, 0.4) is 0 Å². The zero-order chi connectivity index (χ0) is 37.7. The van der Waals surface area contributed by atoms with E-state index in [4.69, 9.17) is 0 Å². The molecule has 6 aromatic rings. The lowest BCUT2D eigenvalue weighted by Crippen LogP contribution is -2.48. The molecule has 0 amide bonds. The molecule has 0 radical (unpaired) electrons. The zero-order valence-corrected chi connectivity index (χ0v) is 29.1. The van der Waals surface area contributed by atoms with Gasteiger partial charge < -0.3 is 19.7 Å². The van der Waals surface area contributed by atoms with Gasteiger partial charge in [-0.2, -0.15) is 24.7 Å². The number of hydrogen-bond donors (Lipinski definition) is 2. The van der Waals surface area contributed by atoms with Crippen LogP contribution in [0, 0.1) is 12.7 Å². The number of hydrogen-bond acceptors (Lipinski definition) is 10. The number of rotatable bonds is 10. The van der Waals surface area contributed by atoms with Crippen molar-refractivity contribution in [2.24, 2.45) is 5.10 Å². The Morgan fingerprint density at radius 2 is 1.67 bits per heavy atom. The zero-order valence-electron chi connectivity index (χ0n) is 29.1. The van der Waals surface area contributed by atoms with E-state index in [1.807, 2.05) is 15.9 Å². The molecule has 3 aromatic heterocycles. The van der Waals surface area contributed by atoms with Crippen LogP contribution in [0.1, 0.15) is 46.5 Å². The van der Waals surface area contributed by atoms with Gasteiger partial charge in [0.15, 0.2) is 11.6 Å². The van der Waals surface area contributed by atoms with Crippen molar-refractivity contribution in [3.8, 4) is 11.4 Å². The molecule has 1 saturated heterocycles. The number of para-hydroxylation sites is 2. The van der Waals surface area contributed by atoms with E-state index in [0.717, 1.165) is 23.6 Å². The third-order valence-corrected chi connectivity index (χ3v) is 9.75. The summed E-state index contributed by atoms with van der Waals surface area (Å²) in [5.74, 6) is -1.38. The maximum atomic E-state index is 15.6. The summed E-state index contributed by atoms with van der Waals surface area (Å²) in [4.78, 5) is 55.9. The van der Waals surface area contributed by atoms with Gasteiger partial charge in [-0.05, 0) is 56.2 Å². The molecule has 0 unspecified atom stereocenters. The molecule has 3 aromatic carbocycles.